The monoisotopic (exact) mass is 228 g/mol. The second kappa shape index (κ2) is 5.43. The third kappa shape index (κ3) is 2.90. The van der Waals surface area contributed by atoms with E-state index in [-0.39, 0.29) is 17.5 Å². The van der Waals surface area contributed by atoms with E-state index in [1.165, 1.54) is 12.1 Å². The number of nitrogens with zero attached hydrogens (tertiary/aromatic N) is 2. The summed E-state index contributed by atoms with van der Waals surface area (Å²) in [6, 6.07) is 8.12. The Bertz CT molecular complexity index is 538. The summed E-state index contributed by atoms with van der Waals surface area (Å²) >= 11 is 0. The first-order valence-electron chi connectivity index (χ1n) is 4.73. The Balaban J connectivity index is 3.02. The summed E-state index contributed by atoms with van der Waals surface area (Å²) in [4.78, 5) is 21.2. The summed E-state index contributed by atoms with van der Waals surface area (Å²) in [5.41, 5.74) is 0.953. The van der Waals surface area contributed by atoms with E-state index in [2.05, 4.69) is 0 Å². The van der Waals surface area contributed by atoms with Crippen LogP contribution < -0.4 is 0 Å². The van der Waals surface area contributed by atoms with Crippen molar-refractivity contribution in [3.8, 4) is 12.1 Å². The van der Waals surface area contributed by atoms with E-state index in [9.17, 15) is 9.59 Å². The van der Waals surface area contributed by atoms with Gasteiger partial charge in [-0.2, -0.15) is 10.5 Å². The second-order valence-electron chi connectivity index (χ2n) is 3.39. The van der Waals surface area contributed by atoms with Crippen LogP contribution in [0.2, 0.25) is 0 Å². The first kappa shape index (κ1) is 12.4. The lowest BCUT2D eigenvalue weighted by Gasteiger charge is -2.05. The van der Waals surface area contributed by atoms with Gasteiger partial charge in [-0.3, -0.25) is 4.79 Å². The molecule has 0 saturated heterocycles. The fraction of sp³-hybridized carbons (Fsp3) is 0.167. The van der Waals surface area contributed by atoms with Gasteiger partial charge in [0.1, 0.15) is 24.3 Å². The largest absolute Gasteiger partial charge is 0.481 e. The van der Waals surface area contributed by atoms with Crippen molar-refractivity contribution >= 4 is 12.3 Å². The zero-order valence-corrected chi connectivity index (χ0v) is 8.75. The number of hydrogen-bond acceptors (Lipinski definition) is 4. The molecule has 1 N–H and O–H groups in total. The average Bonchev–Trinajstić information content (AvgIpc) is 2.35. The first-order chi connectivity index (χ1) is 8.12. The Labute approximate surface area is 97.5 Å². The van der Waals surface area contributed by atoms with Crippen LogP contribution in [-0.4, -0.2) is 17.4 Å². The molecule has 1 aromatic rings. The Morgan fingerprint density at radius 2 is 2.00 bits per heavy atom. The van der Waals surface area contributed by atoms with Crippen molar-refractivity contribution in [2.75, 3.05) is 0 Å². The topological polar surface area (TPSA) is 102 Å². The average molecular weight is 228 g/mol. The van der Waals surface area contributed by atoms with Gasteiger partial charge in [-0.25, -0.2) is 0 Å². The van der Waals surface area contributed by atoms with Gasteiger partial charge in [-0.15, -0.1) is 0 Å². The van der Waals surface area contributed by atoms with Gasteiger partial charge < -0.3 is 9.90 Å². The number of hydrogen-bond donors (Lipinski definition) is 1. The van der Waals surface area contributed by atoms with Crippen LogP contribution in [0.4, 0.5) is 0 Å². The van der Waals surface area contributed by atoms with Crippen molar-refractivity contribution < 1.29 is 14.7 Å². The lowest BCUT2D eigenvalue weighted by atomic mass is 9.97. The molecular formula is C12H8N2O3. The standard InChI is InChI=1S/C12H8N2O3/c13-5-9-2-1-8(3-10(9)6-14)4-11(7-15)12(16)17/h1-3,7,11H,4H2,(H,16,17). The smallest absolute Gasteiger partial charge is 0.314 e. The van der Waals surface area contributed by atoms with Gasteiger partial charge in [0.05, 0.1) is 11.1 Å². The van der Waals surface area contributed by atoms with Crippen LogP contribution in [0.1, 0.15) is 16.7 Å². The summed E-state index contributed by atoms with van der Waals surface area (Å²) < 4.78 is 0. The van der Waals surface area contributed by atoms with E-state index < -0.39 is 11.9 Å². The summed E-state index contributed by atoms with van der Waals surface area (Å²) in [5, 5.41) is 26.2. The fourth-order valence-corrected chi connectivity index (χ4v) is 1.36. The maximum atomic E-state index is 10.7. The van der Waals surface area contributed by atoms with Crippen LogP contribution in [0.5, 0.6) is 0 Å². The zero-order valence-electron chi connectivity index (χ0n) is 8.75. The molecule has 0 spiro atoms. The molecule has 0 amide bonds. The summed E-state index contributed by atoms with van der Waals surface area (Å²) in [7, 11) is 0. The van der Waals surface area contributed by atoms with Crippen LogP contribution in [0, 0.1) is 28.6 Å². The highest BCUT2D eigenvalue weighted by Gasteiger charge is 2.17. The third-order valence-electron chi connectivity index (χ3n) is 2.26. The molecule has 0 heterocycles. The van der Waals surface area contributed by atoms with E-state index in [4.69, 9.17) is 15.6 Å². The SMILES string of the molecule is N#Cc1ccc(CC(C=O)C(=O)O)cc1C#N. The molecule has 0 fully saturated rings. The molecule has 0 saturated carbocycles. The molecule has 17 heavy (non-hydrogen) atoms. The highest BCUT2D eigenvalue weighted by molar-refractivity contribution is 5.86. The number of rotatable bonds is 4. The van der Waals surface area contributed by atoms with E-state index >= 15 is 0 Å². The number of aldehydes is 1. The second-order valence-corrected chi connectivity index (χ2v) is 3.39. The van der Waals surface area contributed by atoms with Crippen LogP contribution in [-0.2, 0) is 16.0 Å². The Hall–Kier alpha value is -2.66. The quantitative estimate of drug-likeness (QED) is 0.608. The normalized spacial score (nSPS) is 10.9. The van der Waals surface area contributed by atoms with Crippen LogP contribution in [0.15, 0.2) is 18.2 Å². The van der Waals surface area contributed by atoms with E-state index in [0.717, 1.165) is 0 Å². The van der Waals surface area contributed by atoms with Crippen molar-refractivity contribution in [3.05, 3.63) is 34.9 Å². The Morgan fingerprint density at radius 1 is 1.35 bits per heavy atom. The minimum absolute atomic E-state index is 0.0131. The summed E-state index contributed by atoms with van der Waals surface area (Å²) in [5.74, 6) is -2.34. The van der Waals surface area contributed by atoms with Crippen molar-refractivity contribution in [1.29, 1.82) is 10.5 Å². The van der Waals surface area contributed by atoms with Gasteiger partial charge in [0.15, 0.2) is 0 Å². The van der Waals surface area contributed by atoms with Crippen molar-refractivity contribution in [1.82, 2.24) is 0 Å². The number of nitriles is 2. The Kier molecular flexibility index (Phi) is 3.96. The molecule has 0 bridgehead atoms. The van der Waals surface area contributed by atoms with Crippen LogP contribution >= 0.6 is 0 Å². The molecular weight excluding hydrogens is 220 g/mol. The number of carbonyl (C=O) groups is 2. The highest BCUT2D eigenvalue weighted by atomic mass is 16.4. The first-order valence-corrected chi connectivity index (χ1v) is 4.73. The molecule has 5 nitrogen and oxygen atoms in total. The maximum Gasteiger partial charge on any atom is 0.314 e. The van der Waals surface area contributed by atoms with E-state index in [0.29, 0.717) is 11.8 Å². The lowest BCUT2D eigenvalue weighted by Crippen LogP contribution is -2.17. The molecule has 1 atom stereocenters. The zero-order chi connectivity index (χ0) is 12.8. The van der Waals surface area contributed by atoms with Gasteiger partial charge >= 0.3 is 5.97 Å². The predicted molar refractivity (Wildman–Crippen MR) is 56.8 cm³/mol. The maximum absolute atomic E-state index is 10.7. The predicted octanol–water partition coefficient (Wildman–Crippen LogP) is 0.872. The van der Waals surface area contributed by atoms with Crippen molar-refractivity contribution in [3.63, 3.8) is 0 Å². The van der Waals surface area contributed by atoms with E-state index in [1.807, 2.05) is 12.1 Å². The van der Waals surface area contributed by atoms with Crippen molar-refractivity contribution in [2.24, 2.45) is 5.92 Å². The van der Waals surface area contributed by atoms with Gasteiger partial charge in [-0.05, 0) is 24.1 Å². The molecule has 0 aliphatic carbocycles. The number of carboxylic acids is 1. The molecule has 1 rings (SSSR count). The number of aliphatic carboxylic acids is 1. The molecule has 0 aliphatic rings. The summed E-state index contributed by atoms with van der Waals surface area (Å²) in [6.07, 6.45) is 0.367. The molecule has 5 heteroatoms. The third-order valence-corrected chi connectivity index (χ3v) is 2.26. The van der Waals surface area contributed by atoms with Gasteiger partial charge in [-0.1, -0.05) is 6.07 Å². The van der Waals surface area contributed by atoms with E-state index in [1.54, 1.807) is 6.07 Å². The number of benzene rings is 1. The molecule has 0 aromatic heterocycles. The van der Waals surface area contributed by atoms with Gasteiger partial charge in [0, 0.05) is 0 Å². The molecule has 0 aliphatic heterocycles. The lowest BCUT2D eigenvalue weighted by molar-refractivity contribution is -0.143. The number of carbonyl (C=O) groups excluding carboxylic acids is 1. The van der Waals surface area contributed by atoms with Gasteiger partial charge in [0.2, 0.25) is 0 Å². The van der Waals surface area contributed by atoms with Crippen LogP contribution in [0.25, 0.3) is 0 Å². The highest BCUT2D eigenvalue weighted by Crippen LogP contribution is 2.13. The minimum Gasteiger partial charge on any atom is -0.481 e. The Morgan fingerprint density at radius 3 is 2.47 bits per heavy atom. The molecule has 84 valence electrons. The fourth-order valence-electron chi connectivity index (χ4n) is 1.36. The van der Waals surface area contributed by atoms with Gasteiger partial charge in [0.25, 0.3) is 0 Å². The molecule has 1 unspecified atom stereocenters. The number of carboxylic acid groups (broad SMARTS) is 1. The minimum atomic E-state index is -1.21. The molecule has 1 aromatic carbocycles. The summed E-state index contributed by atoms with van der Waals surface area (Å²) in [6.45, 7) is 0. The van der Waals surface area contributed by atoms with Crippen LogP contribution in [0.3, 0.4) is 0 Å². The van der Waals surface area contributed by atoms with Crippen molar-refractivity contribution in [2.45, 2.75) is 6.42 Å². The molecule has 0 radical (unpaired) electrons.